The first-order valence-corrected chi connectivity index (χ1v) is 11.3. The average molecular weight is 462 g/mol. The minimum Gasteiger partial charge on any atom is -0.494 e. The number of rotatable bonds is 13. The average Bonchev–Trinajstić information content (AvgIpc) is 2.88. The van der Waals surface area contributed by atoms with E-state index in [-0.39, 0.29) is 5.91 Å². The van der Waals surface area contributed by atoms with Crippen LogP contribution in [-0.4, -0.2) is 32.4 Å². The number of methoxy groups -OCH3 is 1. The Kier molecular flexibility index (Phi) is 9.80. The van der Waals surface area contributed by atoms with E-state index >= 15 is 0 Å². The number of carbonyl (C=O) groups excluding carboxylic acids is 1. The molecule has 0 aliphatic rings. The fourth-order valence-electron chi connectivity index (χ4n) is 3.30. The molecule has 7 heteroatoms. The number of unbranched alkanes of at least 4 members (excludes halogenated alkanes) is 2. The topological polar surface area (TPSA) is 95.2 Å². The van der Waals surface area contributed by atoms with Gasteiger partial charge < -0.3 is 25.4 Å². The largest absolute Gasteiger partial charge is 0.494 e. The zero-order valence-corrected chi connectivity index (χ0v) is 19.4. The Balaban J connectivity index is 1.36. The van der Waals surface area contributed by atoms with E-state index in [1.807, 2.05) is 54.6 Å². The first-order chi connectivity index (χ1) is 16.7. The summed E-state index contributed by atoms with van der Waals surface area (Å²) in [5.41, 5.74) is 2.51. The number of amides is 1. The van der Waals surface area contributed by atoms with Crippen molar-refractivity contribution in [1.29, 1.82) is 0 Å². The summed E-state index contributed by atoms with van der Waals surface area (Å²) in [4.78, 5) is 12.5. The molecule has 0 aromatic heterocycles. The minimum absolute atomic E-state index is 0.157. The first-order valence-electron chi connectivity index (χ1n) is 11.3. The van der Waals surface area contributed by atoms with Gasteiger partial charge in [0.2, 0.25) is 0 Å². The van der Waals surface area contributed by atoms with Crippen LogP contribution in [0.1, 0.15) is 40.7 Å². The van der Waals surface area contributed by atoms with E-state index < -0.39 is 0 Å². The van der Waals surface area contributed by atoms with E-state index in [1.165, 1.54) is 0 Å². The number of nitrogens with one attached hydrogen (secondary N) is 1. The minimum atomic E-state index is -0.157. The monoisotopic (exact) mass is 461 g/mol. The maximum absolute atomic E-state index is 12.5. The van der Waals surface area contributed by atoms with Crippen LogP contribution >= 0.6 is 0 Å². The fourth-order valence-corrected chi connectivity index (χ4v) is 3.30. The van der Waals surface area contributed by atoms with Gasteiger partial charge in [0.05, 0.1) is 26.5 Å². The number of hydrogen-bond acceptors (Lipinski definition) is 6. The third-order valence-electron chi connectivity index (χ3n) is 5.14. The number of benzene rings is 3. The summed E-state index contributed by atoms with van der Waals surface area (Å²) < 4.78 is 17.0. The van der Waals surface area contributed by atoms with Crippen molar-refractivity contribution in [3.63, 3.8) is 0 Å². The normalized spacial score (nSPS) is 10.7. The Morgan fingerprint density at radius 2 is 1.65 bits per heavy atom. The molecule has 0 bridgehead atoms. The van der Waals surface area contributed by atoms with Crippen molar-refractivity contribution in [1.82, 2.24) is 5.32 Å². The van der Waals surface area contributed by atoms with Crippen LogP contribution in [0.15, 0.2) is 77.9 Å². The van der Waals surface area contributed by atoms with Crippen LogP contribution in [0.3, 0.4) is 0 Å². The highest BCUT2D eigenvalue weighted by molar-refractivity contribution is 5.94. The number of nitrogens with two attached hydrogens (primary N) is 1. The lowest BCUT2D eigenvalue weighted by atomic mass is 10.1. The molecule has 0 unspecified atom stereocenters. The molecule has 0 aliphatic carbocycles. The van der Waals surface area contributed by atoms with E-state index in [4.69, 9.17) is 20.1 Å². The summed E-state index contributed by atoms with van der Waals surface area (Å²) in [6, 6.07) is 22.6. The molecular weight excluding hydrogens is 430 g/mol. The van der Waals surface area contributed by atoms with Crippen LogP contribution < -0.4 is 25.4 Å². The van der Waals surface area contributed by atoms with Gasteiger partial charge in [0.25, 0.3) is 5.91 Å². The predicted octanol–water partition coefficient (Wildman–Crippen LogP) is 4.55. The van der Waals surface area contributed by atoms with E-state index in [2.05, 4.69) is 10.4 Å². The van der Waals surface area contributed by atoms with Crippen LogP contribution in [0.25, 0.3) is 0 Å². The SMILES string of the molecule is COc1cc(C(=O)NCc2ccccc2)ccc1OCCCCCOc1ccc(C=NN)cc1. The van der Waals surface area contributed by atoms with Crippen LogP contribution in [0.2, 0.25) is 0 Å². The molecule has 0 fully saturated rings. The summed E-state index contributed by atoms with van der Waals surface area (Å²) in [6.45, 7) is 1.67. The second-order valence-electron chi connectivity index (χ2n) is 7.64. The van der Waals surface area contributed by atoms with E-state index in [0.29, 0.717) is 36.8 Å². The number of ether oxygens (including phenoxy) is 3. The fraction of sp³-hybridized carbons (Fsp3) is 0.259. The van der Waals surface area contributed by atoms with Gasteiger partial charge in [-0.05, 0) is 72.9 Å². The standard InChI is InChI=1S/C27H31N3O4/c1-32-26-18-23(27(31)29-19-21-8-4-2-5-9-21)12-15-25(26)34-17-7-3-6-16-33-24-13-10-22(11-14-24)20-30-28/h2,4-5,8-15,18,20H,3,6-7,16-17,19,28H2,1H3,(H,29,31). The summed E-state index contributed by atoms with van der Waals surface area (Å²) in [7, 11) is 1.57. The van der Waals surface area contributed by atoms with Crippen LogP contribution in [0.5, 0.6) is 17.2 Å². The van der Waals surface area contributed by atoms with Gasteiger partial charge in [-0.2, -0.15) is 5.10 Å². The molecule has 3 aromatic rings. The second kappa shape index (κ2) is 13.5. The predicted molar refractivity (Wildman–Crippen MR) is 134 cm³/mol. The number of nitrogens with zero attached hydrogens (tertiary/aromatic N) is 1. The van der Waals surface area contributed by atoms with Crippen molar-refractivity contribution in [3.05, 3.63) is 89.5 Å². The molecule has 3 aromatic carbocycles. The zero-order valence-electron chi connectivity index (χ0n) is 19.4. The van der Waals surface area contributed by atoms with E-state index in [0.717, 1.165) is 36.1 Å². The lowest BCUT2D eigenvalue weighted by Gasteiger charge is -2.12. The lowest BCUT2D eigenvalue weighted by Crippen LogP contribution is -2.22. The van der Waals surface area contributed by atoms with Crippen LogP contribution in [0, 0.1) is 0 Å². The number of hydrogen-bond donors (Lipinski definition) is 2. The Bertz CT molecular complexity index is 1050. The van der Waals surface area contributed by atoms with Crippen LogP contribution in [-0.2, 0) is 6.54 Å². The maximum Gasteiger partial charge on any atom is 0.251 e. The molecule has 3 N–H and O–H groups in total. The highest BCUT2D eigenvalue weighted by atomic mass is 16.5. The number of carbonyl (C=O) groups is 1. The maximum atomic E-state index is 12.5. The molecule has 0 spiro atoms. The first kappa shape index (κ1) is 24.6. The van der Waals surface area contributed by atoms with E-state index in [1.54, 1.807) is 31.5 Å². The van der Waals surface area contributed by atoms with Crippen molar-refractivity contribution in [2.24, 2.45) is 10.9 Å². The molecule has 0 radical (unpaired) electrons. The van der Waals surface area contributed by atoms with Crippen LogP contribution in [0.4, 0.5) is 0 Å². The Morgan fingerprint density at radius 1 is 0.912 bits per heavy atom. The van der Waals surface area contributed by atoms with Gasteiger partial charge in [-0.25, -0.2) is 0 Å². The van der Waals surface area contributed by atoms with E-state index in [9.17, 15) is 4.79 Å². The van der Waals surface area contributed by atoms with Crippen molar-refractivity contribution < 1.29 is 19.0 Å². The smallest absolute Gasteiger partial charge is 0.251 e. The van der Waals surface area contributed by atoms with Gasteiger partial charge in [-0.1, -0.05) is 30.3 Å². The molecule has 3 rings (SSSR count). The molecule has 0 heterocycles. The van der Waals surface area contributed by atoms with Gasteiger partial charge in [0, 0.05) is 12.1 Å². The molecule has 178 valence electrons. The molecular formula is C27H31N3O4. The van der Waals surface area contributed by atoms with Crippen molar-refractivity contribution in [2.75, 3.05) is 20.3 Å². The molecule has 0 atom stereocenters. The van der Waals surface area contributed by atoms with Crippen molar-refractivity contribution in [3.8, 4) is 17.2 Å². The van der Waals surface area contributed by atoms with Crippen molar-refractivity contribution in [2.45, 2.75) is 25.8 Å². The molecule has 34 heavy (non-hydrogen) atoms. The van der Waals surface area contributed by atoms with Gasteiger partial charge in [-0.15, -0.1) is 0 Å². The number of hydrazone groups is 1. The Hall–Kier alpha value is -4.00. The third-order valence-corrected chi connectivity index (χ3v) is 5.14. The van der Waals surface area contributed by atoms with Crippen molar-refractivity contribution >= 4 is 12.1 Å². The highest BCUT2D eigenvalue weighted by Crippen LogP contribution is 2.28. The molecule has 0 saturated carbocycles. The molecule has 7 nitrogen and oxygen atoms in total. The molecule has 1 amide bonds. The molecule has 0 saturated heterocycles. The summed E-state index contributed by atoms with van der Waals surface area (Å²) in [6.07, 6.45) is 4.37. The quantitative estimate of drug-likeness (QED) is 0.169. The van der Waals surface area contributed by atoms with Gasteiger partial charge in [-0.3, -0.25) is 4.79 Å². The Labute approximate surface area is 200 Å². The lowest BCUT2D eigenvalue weighted by molar-refractivity contribution is 0.0950. The van der Waals surface area contributed by atoms with Gasteiger partial charge in [0.1, 0.15) is 5.75 Å². The highest BCUT2D eigenvalue weighted by Gasteiger charge is 2.11. The summed E-state index contributed by atoms with van der Waals surface area (Å²) in [5, 5.41) is 6.42. The van der Waals surface area contributed by atoms with Gasteiger partial charge in [0.15, 0.2) is 11.5 Å². The second-order valence-corrected chi connectivity index (χ2v) is 7.64. The van der Waals surface area contributed by atoms with Gasteiger partial charge >= 0.3 is 0 Å². The summed E-state index contributed by atoms with van der Waals surface area (Å²) in [5.74, 6) is 6.97. The third kappa shape index (κ3) is 7.85. The summed E-state index contributed by atoms with van der Waals surface area (Å²) >= 11 is 0. The molecule has 0 aliphatic heterocycles. The Morgan fingerprint density at radius 3 is 2.35 bits per heavy atom. The zero-order chi connectivity index (χ0) is 24.0.